The third-order valence-corrected chi connectivity index (χ3v) is 4.88. The van der Waals surface area contributed by atoms with Crippen molar-refractivity contribution in [2.75, 3.05) is 18.2 Å². The van der Waals surface area contributed by atoms with Gasteiger partial charge in [-0.05, 0) is 52.0 Å². The minimum atomic E-state index is -0.494. The Hall–Kier alpha value is -2.71. The predicted molar refractivity (Wildman–Crippen MR) is 103 cm³/mol. The van der Waals surface area contributed by atoms with E-state index in [1.54, 1.807) is 55.6 Å². The van der Waals surface area contributed by atoms with Crippen LogP contribution in [0.2, 0.25) is 5.02 Å². The molecule has 1 aromatic heterocycles. The fourth-order valence-electron chi connectivity index (χ4n) is 2.32. The summed E-state index contributed by atoms with van der Waals surface area (Å²) in [7, 11) is 1.58. The van der Waals surface area contributed by atoms with Gasteiger partial charge >= 0.3 is 10.7 Å². The number of aromatic nitrogens is 2. The number of carbonyl (C=O) groups is 1. The molecule has 27 heavy (non-hydrogen) atoms. The number of carbonyl (C=O) groups excluding carboxylic acids is 1. The van der Waals surface area contributed by atoms with E-state index in [0.717, 1.165) is 0 Å². The first-order valence-corrected chi connectivity index (χ1v) is 9.39. The van der Waals surface area contributed by atoms with Crippen LogP contribution in [0.4, 0.5) is 5.69 Å². The molecule has 0 aliphatic heterocycles. The molecule has 0 radical (unpaired) electrons. The van der Waals surface area contributed by atoms with Crippen LogP contribution in [0, 0.1) is 0 Å². The molecule has 140 valence electrons. The van der Waals surface area contributed by atoms with Crippen molar-refractivity contribution in [1.82, 2.24) is 5.27 Å². The average Bonchev–Trinajstić information content (AvgIpc) is 3.02. The Balaban J connectivity index is 1.62. The molecule has 0 unspecified atom stereocenters. The Bertz CT molecular complexity index is 985. The molecular formula is C18H17ClN3O4S+. The first-order valence-electron chi connectivity index (χ1n) is 8.03. The number of H-pyrrole nitrogens is 1. The second kappa shape index (κ2) is 8.79. The molecule has 0 fully saturated rings. The molecular weight excluding hydrogens is 390 g/mol. The van der Waals surface area contributed by atoms with E-state index < -0.39 is 5.63 Å². The maximum Gasteiger partial charge on any atom is 0.442 e. The van der Waals surface area contributed by atoms with Crippen molar-refractivity contribution in [3.8, 4) is 11.4 Å². The topological polar surface area (TPSA) is 88.2 Å². The van der Waals surface area contributed by atoms with Crippen molar-refractivity contribution in [2.24, 2.45) is 0 Å². The molecule has 0 saturated carbocycles. The van der Waals surface area contributed by atoms with Crippen LogP contribution in [0.15, 0.2) is 62.9 Å². The number of ether oxygens (including phenoxy) is 1. The third-order valence-electron chi connectivity index (χ3n) is 3.61. The van der Waals surface area contributed by atoms with E-state index in [0.29, 0.717) is 32.9 Å². The van der Waals surface area contributed by atoms with Crippen LogP contribution >= 0.6 is 23.4 Å². The van der Waals surface area contributed by atoms with Gasteiger partial charge in [-0.1, -0.05) is 17.7 Å². The first kappa shape index (κ1) is 19.1. The second-order valence-corrected chi connectivity index (χ2v) is 7.00. The van der Waals surface area contributed by atoms with E-state index >= 15 is 0 Å². The highest BCUT2D eigenvalue weighted by atomic mass is 35.5. The molecule has 0 saturated heterocycles. The van der Waals surface area contributed by atoms with Crippen LogP contribution < -0.4 is 20.4 Å². The first-order chi connectivity index (χ1) is 13.1. The fraction of sp³-hybridized carbons (Fsp3) is 0.167. The van der Waals surface area contributed by atoms with E-state index in [1.165, 1.54) is 16.4 Å². The number of thioether (sulfide) groups is 1. The van der Waals surface area contributed by atoms with E-state index in [4.69, 9.17) is 20.9 Å². The van der Waals surface area contributed by atoms with Gasteiger partial charge in [-0.25, -0.2) is 4.79 Å². The fourth-order valence-corrected chi connectivity index (χ4v) is 3.42. The van der Waals surface area contributed by atoms with Gasteiger partial charge in [0.2, 0.25) is 11.6 Å². The average molecular weight is 407 g/mol. The Labute approximate surface area is 164 Å². The van der Waals surface area contributed by atoms with Gasteiger partial charge < -0.3 is 10.1 Å². The van der Waals surface area contributed by atoms with Crippen molar-refractivity contribution >= 4 is 35.0 Å². The lowest BCUT2D eigenvalue weighted by atomic mass is 10.3. The van der Waals surface area contributed by atoms with E-state index in [-0.39, 0.29) is 12.3 Å². The molecule has 0 atom stereocenters. The number of rotatable bonds is 7. The zero-order valence-corrected chi connectivity index (χ0v) is 16.0. The Morgan fingerprint density at radius 2 is 2.07 bits per heavy atom. The van der Waals surface area contributed by atoms with Gasteiger partial charge in [0.05, 0.1) is 7.11 Å². The summed E-state index contributed by atoms with van der Waals surface area (Å²) < 4.78 is 11.5. The summed E-state index contributed by atoms with van der Waals surface area (Å²) in [5, 5.41) is 6.24. The van der Waals surface area contributed by atoms with Crippen molar-refractivity contribution in [1.29, 1.82) is 0 Å². The normalized spacial score (nSPS) is 10.6. The van der Waals surface area contributed by atoms with Crippen molar-refractivity contribution in [3.05, 3.63) is 64.0 Å². The number of nitrogens with zero attached hydrogens (tertiary/aromatic N) is 1. The van der Waals surface area contributed by atoms with Gasteiger partial charge in [0.1, 0.15) is 5.75 Å². The minimum Gasteiger partial charge on any atom is -0.497 e. The molecule has 2 aromatic carbocycles. The summed E-state index contributed by atoms with van der Waals surface area (Å²) in [5.41, 5.74) is 0.852. The molecule has 0 bridgehead atoms. The molecule has 0 aliphatic rings. The Morgan fingerprint density at radius 1 is 1.30 bits per heavy atom. The van der Waals surface area contributed by atoms with Gasteiger partial charge in [-0.15, -0.1) is 0 Å². The molecule has 0 aliphatic carbocycles. The predicted octanol–water partition coefficient (Wildman–Crippen LogP) is 3.03. The highest BCUT2D eigenvalue weighted by Gasteiger charge is 2.24. The van der Waals surface area contributed by atoms with Crippen molar-refractivity contribution in [2.45, 2.75) is 11.4 Å². The van der Waals surface area contributed by atoms with E-state index in [9.17, 15) is 9.59 Å². The third kappa shape index (κ3) is 4.93. The lowest BCUT2D eigenvalue weighted by Gasteiger charge is -2.04. The molecule has 1 heterocycles. The highest BCUT2D eigenvalue weighted by molar-refractivity contribution is 7.99. The second-order valence-electron chi connectivity index (χ2n) is 5.48. The number of amides is 1. The summed E-state index contributed by atoms with van der Waals surface area (Å²) in [5.74, 6) is 0.948. The number of anilines is 1. The number of halogens is 1. The number of hydrogen-bond donors (Lipinski definition) is 2. The van der Waals surface area contributed by atoms with Crippen LogP contribution in [0.3, 0.4) is 0 Å². The molecule has 2 N–H and O–H groups in total. The molecule has 7 nitrogen and oxygen atoms in total. The minimum absolute atomic E-state index is 0.166. The summed E-state index contributed by atoms with van der Waals surface area (Å²) in [6.45, 7) is 0. The quantitative estimate of drug-likeness (QED) is 0.465. The maximum absolute atomic E-state index is 12.1. The van der Waals surface area contributed by atoms with Crippen LogP contribution in [-0.4, -0.2) is 24.0 Å². The van der Waals surface area contributed by atoms with Crippen molar-refractivity contribution in [3.63, 3.8) is 0 Å². The number of aromatic amines is 1. The highest BCUT2D eigenvalue weighted by Crippen LogP contribution is 2.17. The molecule has 1 amide bonds. The Morgan fingerprint density at radius 3 is 2.78 bits per heavy atom. The van der Waals surface area contributed by atoms with Crippen molar-refractivity contribution < 1.29 is 18.7 Å². The number of nitrogens with one attached hydrogen (secondary N) is 2. The van der Waals surface area contributed by atoms with Gasteiger partial charge in [0, 0.05) is 35.0 Å². The van der Waals surface area contributed by atoms with Crippen LogP contribution in [0.25, 0.3) is 5.69 Å². The Kier molecular flexibility index (Phi) is 6.20. The smallest absolute Gasteiger partial charge is 0.442 e. The molecule has 9 heteroatoms. The molecule has 3 rings (SSSR count). The van der Waals surface area contributed by atoms with E-state index in [2.05, 4.69) is 10.6 Å². The number of benzene rings is 2. The van der Waals surface area contributed by atoms with Crippen LogP contribution in [-0.2, 0) is 4.79 Å². The van der Waals surface area contributed by atoms with E-state index in [1.807, 2.05) is 0 Å². The number of methoxy groups -OCH3 is 1. The lowest BCUT2D eigenvalue weighted by Crippen LogP contribution is -2.36. The van der Waals surface area contributed by atoms with Gasteiger partial charge in [0.25, 0.3) is 0 Å². The largest absolute Gasteiger partial charge is 0.497 e. The summed E-state index contributed by atoms with van der Waals surface area (Å²) >= 11 is 7.13. The van der Waals surface area contributed by atoms with Gasteiger partial charge in [-0.2, -0.15) is 0 Å². The zero-order chi connectivity index (χ0) is 19.2. The summed E-state index contributed by atoms with van der Waals surface area (Å²) in [6.07, 6.45) is 0.227. The maximum atomic E-state index is 12.1. The summed E-state index contributed by atoms with van der Waals surface area (Å²) in [4.78, 5) is 24.0. The molecule has 3 aromatic rings. The van der Waals surface area contributed by atoms with Gasteiger partial charge in [0.15, 0.2) is 0 Å². The van der Waals surface area contributed by atoms with Crippen LogP contribution in [0.1, 0.15) is 6.42 Å². The standard InChI is InChI=1S/C18H16ClN3O4S/c1-25-15-7-5-14(6-8-15)22-17(18(24)26-21-22)27-10-9-16(23)20-13-4-2-3-12(19)11-13/h2-8,11H,9-10H2,1H3,(H-,20,21,23,24)/p+1. The summed E-state index contributed by atoms with van der Waals surface area (Å²) in [6, 6.07) is 14.1. The van der Waals surface area contributed by atoms with Gasteiger partial charge in [-0.3, -0.25) is 9.32 Å². The monoisotopic (exact) mass is 406 g/mol. The zero-order valence-electron chi connectivity index (χ0n) is 14.4. The SMILES string of the molecule is COc1ccc(-[n+]2[nH]oc(=O)c2SCCC(=O)Nc2cccc(Cl)c2)cc1. The van der Waals surface area contributed by atoms with Crippen LogP contribution in [0.5, 0.6) is 5.75 Å². The number of hydrogen-bond acceptors (Lipinski definition) is 5. The molecule has 0 spiro atoms. The lowest BCUT2D eigenvalue weighted by molar-refractivity contribution is -0.704.